The normalized spacial score (nSPS) is 11.2. The largest absolute Gasteiger partial charge is 0.456 e. The molecule has 0 aliphatic rings. The summed E-state index contributed by atoms with van der Waals surface area (Å²) >= 11 is 0. The molecule has 22 aromatic carbocycles. The number of benzene rings is 22. The zero-order valence-corrected chi connectivity index (χ0v) is 82.0. The molecule has 0 saturated carbocycles. The molecule has 144 heavy (non-hydrogen) atoms. The fourth-order valence-electron chi connectivity index (χ4n) is 20.9. The molecule has 0 bridgehead atoms. The third kappa shape index (κ3) is 17.4. The minimum Gasteiger partial charge on any atom is -0.456 e. The first-order valence-electron chi connectivity index (χ1n) is 48.7. The molecule has 0 spiro atoms. The first-order chi connectivity index (χ1) is 70.7. The van der Waals surface area contributed by atoms with Crippen LogP contribution in [0, 0.1) is 26.8 Å². The van der Waals surface area contributed by atoms with Crippen LogP contribution in [-0.4, -0.2) is 18.7 Å². The molecule has 0 unspecified atom stereocenters. The summed E-state index contributed by atoms with van der Waals surface area (Å²) in [6.45, 7) is 6.42. The second kappa shape index (κ2) is 39.6. The van der Waals surface area contributed by atoms with E-state index in [1.54, 1.807) is 0 Å². The van der Waals surface area contributed by atoms with Crippen LogP contribution in [0.3, 0.4) is 0 Å². The summed E-state index contributed by atoms with van der Waals surface area (Å²) < 4.78 is 13.3. The summed E-state index contributed by atoms with van der Waals surface area (Å²) in [5.41, 5.74) is 35.0. The number of furan rings is 1. The minimum absolute atomic E-state index is 0. The van der Waals surface area contributed by atoms with Crippen molar-refractivity contribution in [3.8, 4) is 61.8 Å². The molecule has 4 heterocycles. The van der Waals surface area contributed by atoms with Crippen molar-refractivity contribution in [3.05, 3.63) is 557 Å². The standard InChI is InChI=1S/C68H50N4.C48H30N2O.C18H17N2.Ir/c1-5-23-55(24-6-1)69(56-25-7-2-8-26-56)59-43-47-63(48-44-59)71(67-33-17-21-53-19-13-15-31-65(53)67)61-39-35-51(36-40-61)52-37-41-62(42-38-52)72(68-34-18-22-54-20-14-16-32-66(54)68)64-49-45-60(46-50-64)70(57-27-9-3-10-28-57)58-29-11-4-12-30-58;1-5-19-43-37(15-1)38-16-2-6-20-44(38)49(43)35-14-10-13-33(28-35)31-11-9-12-32(27-31)34-23-25-47-41(29-34)42-30-36(24-26-48(42)51-47)50-45-21-7-3-17-39(45)40-18-4-8-22-46(40)50;1-13-11-14(2)17(15(3)12-13)20-10-9-19-18(20)16-7-5-4-6-8-16;/h1-50H;1-30H;4-7,9-12H,1-3H3;/q;;-1;. The number of anilines is 12. The van der Waals surface area contributed by atoms with Crippen LogP contribution in [0.4, 0.5) is 68.2 Å². The Morgan fingerprint density at radius 1 is 0.243 bits per heavy atom. The molecule has 26 aromatic rings. The average Bonchev–Trinajstić information content (AvgIpc) is 1.58. The summed E-state index contributed by atoms with van der Waals surface area (Å²) in [5.74, 6) is 0.931. The van der Waals surface area contributed by atoms with Gasteiger partial charge in [-0.2, -0.15) is 0 Å². The van der Waals surface area contributed by atoms with Gasteiger partial charge in [0.1, 0.15) is 11.2 Å². The van der Waals surface area contributed by atoms with Crippen molar-refractivity contribution in [1.29, 1.82) is 0 Å². The molecule has 0 saturated heterocycles. The summed E-state index contributed by atoms with van der Waals surface area (Å²) in [6, 6.07) is 190. The van der Waals surface area contributed by atoms with E-state index in [0.29, 0.717) is 0 Å². The van der Waals surface area contributed by atoms with Gasteiger partial charge in [0.2, 0.25) is 0 Å². The number of aryl methyl sites for hydroxylation is 3. The first-order valence-corrected chi connectivity index (χ1v) is 48.7. The van der Waals surface area contributed by atoms with E-state index in [9.17, 15) is 0 Å². The van der Waals surface area contributed by atoms with Crippen molar-refractivity contribution in [2.75, 3.05) is 19.6 Å². The summed E-state index contributed by atoms with van der Waals surface area (Å²) in [6.07, 6.45) is 3.86. The Morgan fingerprint density at radius 3 is 1.00 bits per heavy atom. The number of hydrogen-bond donors (Lipinski definition) is 0. The SMILES string of the molecule is Cc1cc(C)c(-n2ccnc2-c2[c-]cccc2)c(C)c1.[Ir].c1cc(-c2cccc(-n3c4ccccc4c4ccccc43)c2)cc(-c2ccc3oc4ccc(-n5c6ccccc6c6ccccc65)cc4c3c2)c1.c1ccc(N(c2ccccc2)c2ccc(N(c3ccc(-c4ccc(N(c5ccc(N(c6ccccc6)c6ccccc6)cc5)c5cccc6ccccc56)cc4)cc3)c3cccc4ccccc34)cc2)cc1. The quantitative estimate of drug-likeness (QED) is 0.0752. The molecule has 0 aliphatic carbocycles. The Labute approximate surface area is 851 Å². The molecule has 26 rings (SSSR count). The van der Waals surface area contributed by atoms with E-state index >= 15 is 0 Å². The van der Waals surface area contributed by atoms with E-state index in [-0.39, 0.29) is 20.1 Å². The van der Waals surface area contributed by atoms with Crippen molar-refractivity contribution in [2.24, 2.45) is 0 Å². The fraction of sp³-hybridized carbons (Fsp3) is 0.0224. The maximum Gasteiger partial charge on any atom is 0.135 e. The monoisotopic (exact) mass is 2030 g/mol. The van der Waals surface area contributed by atoms with Crippen LogP contribution in [0.1, 0.15) is 16.7 Å². The van der Waals surface area contributed by atoms with Gasteiger partial charge >= 0.3 is 0 Å². The van der Waals surface area contributed by atoms with E-state index in [2.05, 4.69) is 563 Å². The van der Waals surface area contributed by atoms with Gasteiger partial charge in [-0.1, -0.05) is 297 Å². The fourth-order valence-corrected chi connectivity index (χ4v) is 20.9. The average molecular weight is 2030 g/mol. The molecule has 0 fully saturated rings. The maximum absolute atomic E-state index is 6.38. The van der Waals surface area contributed by atoms with E-state index in [1.807, 2.05) is 36.7 Å². The summed E-state index contributed by atoms with van der Waals surface area (Å²) in [5, 5.41) is 12.0. The number of hydrogen-bond acceptors (Lipinski definition) is 6. The Kier molecular flexibility index (Phi) is 24.7. The van der Waals surface area contributed by atoms with Gasteiger partial charge in [0.05, 0.1) is 39.3 Å². The number of fused-ring (bicyclic) bond motifs is 11. The van der Waals surface area contributed by atoms with Gasteiger partial charge in [-0.25, -0.2) is 0 Å². The predicted molar refractivity (Wildman–Crippen MR) is 601 cm³/mol. The van der Waals surface area contributed by atoms with E-state index in [4.69, 9.17) is 4.42 Å². The zero-order valence-electron chi connectivity index (χ0n) is 79.6. The molecule has 10 heteroatoms. The molecule has 0 amide bonds. The molecule has 689 valence electrons. The van der Waals surface area contributed by atoms with Gasteiger partial charge in [0.15, 0.2) is 0 Å². The van der Waals surface area contributed by atoms with Crippen molar-refractivity contribution in [1.82, 2.24) is 18.7 Å². The van der Waals surface area contributed by atoms with Gasteiger partial charge in [-0.3, -0.25) is 4.98 Å². The molecular weight excluding hydrogens is 1930 g/mol. The van der Waals surface area contributed by atoms with E-state index < -0.39 is 0 Å². The van der Waals surface area contributed by atoms with Gasteiger partial charge in [0.25, 0.3) is 0 Å². The molecule has 9 nitrogen and oxygen atoms in total. The van der Waals surface area contributed by atoms with Crippen LogP contribution in [0.25, 0.3) is 149 Å². The zero-order chi connectivity index (χ0) is 95.6. The molecule has 0 atom stereocenters. The van der Waals surface area contributed by atoms with Crippen molar-refractivity contribution >= 4 is 155 Å². The van der Waals surface area contributed by atoms with Gasteiger partial charge < -0.3 is 37.7 Å². The number of nitrogens with zero attached hydrogens (tertiary/aromatic N) is 8. The van der Waals surface area contributed by atoms with Gasteiger partial charge in [0, 0.05) is 150 Å². The molecule has 0 aliphatic heterocycles. The molecule has 4 aromatic heterocycles. The smallest absolute Gasteiger partial charge is 0.135 e. The third-order valence-electron chi connectivity index (χ3n) is 27.4. The Bertz CT molecular complexity index is 8650. The number of imidazole rings is 1. The van der Waals surface area contributed by atoms with E-state index in [1.165, 1.54) is 104 Å². The Morgan fingerprint density at radius 2 is 0.569 bits per heavy atom. The molecular formula is C134H97IrN8O-. The van der Waals surface area contributed by atoms with Crippen molar-refractivity contribution < 1.29 is 24.5 Å². The Balaban J connectivity index is 0.000000137. The third-order valence-corrected chi connectivity index (χ3v) is 27.4. The van der Waals surface area contributed by atoms with Crippen LogP contribution in [0.5, 0.6) is 0 Å². The Hall–Kier alpha value is -18.2. The number of rotatable bonds is 19. The van der Waals surface area contributed by atoms with Crippen LogP contribution >= 0.6 is 0 Å². The molecule has 0 N–H and O–H groups in total. The van der Waals surface area contributed by atoms with Gasteiger partial charge in [-0.15, -0.1) is 35.9 Å². The minimum atomic E-state index is 0. The first kappa shape index (κ1) is 89.7. The van der Waals surface area contributed by atoms with Crippen LogP contribution in [0.2, 0.25) is 0 Å². The summed E-state index contributed by atoms with van der Waals surface area (Å²) in [7, 11) is 0. The predicted octanol–water partition coefficient (Wildman–Crippen LogP) is 36.9. The van der Waals surface area contributed by atoms with Crippen molar-refractivity contribution in [2.45, 2.75) is 20.8 Å². The number of aromatic nitrogens is 4. The topological polar surface area (TPSA) is 53.8 Å². The second-order valence-corrected chi connectivity index (χ2v) is 36.3. The summed E-state index contributed by atoms with van der Waals surface area (Å²) in [4.78, 5) is 13.9. The molecule has 1 radical (unpaired) electrons. The second-order valence-electron chi connectivity index (χ2n) is 36.3. The van der Waals surface area contributed by atoms with Crippen LogP contribution < -0.4 is 19.6 Å². The number of para-hydroxylation sites is 8. The van der Waals surface area contributed by atoms with Crippen LogP contribution in [-0.2, 0) is 20.1 Å². The van der Waals surface area contributed by atoms with Crippen molar-refractivity contribution in [3.63, 3.8) is 0 Å². The van der Waals surface area contributed by atoms with Crippen LogP contribution in [0.15, 0.2) is 539 Å². The maximum atomic E-state index is 6.38. The van der Waals surface area contributed by atoms with Gasteiger partial charge in [-0.05, 0) is 282 Å². The van der Waals surface area contributed by atoms with E-state index in [0.717, 1.165) is 130 Å².